The molecule has 0 amide bonds. The fraction of sp³-hybridized carbons (Fsp3) is 0.0625. The molecule has 0 radical (unpaired) electrons. The first-order valence-corrected chi connectivity index (χ1v) is 13.0. The van der Waals surface area contributed by atoms with Crippen molar-refractivity contribution in [1.29, 1.82) is 0 Å². The van der Waals surface area contributed by atoms with Gasteiger partial charge in [0, 0.05) is 16.9 Å². The maximum absolute atomic E-state index is 5.22. The fourth-order valence-electron chi connectivity index (χ4n) is 6.73. The van der Waals surface area contributed by atoms with Gasteiger partial charge in [-0.3, -0.25) is 9.13 Å². The van der Waals surface area contributed by atoms with Gasteiger partial charge in [-0.2, -0.15) is 0 Å². The van der Waals surface area contributed by atoms with Crippen molar-refractivity contribution in [2.75, 3.05) is 0 Å². The summed E-state index contributed by atoms with van der Waals surface area (Å²) in [6.45, 7) is 0.142. The normalized spacial score (nSPS) is 14.8. The second-order valence-electron chi connectivity index (χ2n) is 10.1. The minimum absolute atomic E-state index is 0.142. The van der Waals surface area contributed by atoms with E-state index in [0.717, 1.165) is 41.1 Å². The van der Waals surface area contributed by atoms with Crippen molar-refractivity contribution in [3.05, 3.63) is 109 Å². The molecule has 0 saturated heterocycles. The lowest BCUT2D eigenvalue weighted by molar-refractivity contribution is 0.981. The summed E-state index contributed by atoms with van der Waals surface area (Å²) in [6, 6.07) is 30.5. The van der Waals surface area contributed by atoms with E-state index >= 15 is 0 Å². The lowest BCUT2D eigenvalue weighted by atomic mass is 9.34. The molecule has 0 fully saturated rings. The standard InChI is InChI=1S/C32H21BN4/c1-3-10-20(11-4-1)31-34-24-16-7-14-22-29(24)36(31)26-18-9-19-27-28(26)33(22)23-15-8-17-25-30(23)37(27)32(35-25)21-12-5-2-6-13-21/h1-5,7-12,14-19H,6,13H2. The van der Waals surface area contributed by atoms with Crippen molar-refractivity contribution in [3.63, 3.8) is 0 Å². The Bertz CT molecular complexity index is 1990. The Morgan fingerprint density at radius 3 is 1.97 bits per heavy atom. The zero-order chi connectivity index (χ0) is 24.1. The molecule has 6 aromatic rings. The molecule has 3 aliphatic rings. The molecule has 0 atom stereocenters. The fourth-order valence-corrected chi connectivity index (χ4v) is 6.73. The van der Waals surface area contributed by atoms with Crippen molar-refractivity contribution in [2.24, 2.45) is 0 Å². The summed E-state index contributed by atoms with van der Waals surface area (Å²) in [7, 11) is 0. The molecule has 0 saturated carbocycles. The Morgan fingerprint density at radius 1 is 0.649 bits per heavy atom. The number of imidazole rings is 2. The van der Waals surface area contributed by atoms with Crippen LogP contribution in [0.4, 0.5) is 0 Å². The first-order valence-electron chi connectivity index (χ1n) is 13.0. The van der Waals surface area contributed by atoms with Crippen molar-refractivity contribution in [2.45, 2.75) is 12.8 Å². The molecule has 2 aliphatic heterocycles. The van der Waals surface area contributed by atoms with Gasteiger partial charge in [-0.1, -0.05) is 78.9 Å². The number of aromatic nitrogens is 4. The van der Waals surface area contributed by atoms with Crippen LogP contribution in [0.25, 0.3) is 50.4 Å². The smallest absolute Gasteiger partial charge is 0.252 e. The summed E-state index contributed by atoms with van der Waals surface area (Å²) in [5, 5.41) is 0. The first-order chi connectivity index (χ1) is 18.4. The summed E-state index contributed by atoms with van der Waals surface area (Å²) in [4.78, 5) is 10.4. The molecule has 1 aliphatic carbocycles. The third kappa shape index (κ3) is 2.44. The van der Waals surface area contributed by atoms with Crippen molar-refractivity contribution >= 4 is 50.7 Å². The lowest BCUT2D eigenvalue weighted by Gasteiger charge is -2.33. The van der Waals surface area contributed by atoms with Crippen LogP contribution in [0.5, 0.6) is 0 Å². The number of hydrogen-bond acceptors (Lipinski definition) is 2. The van der Waals surface area contributed by atoms with Gasteiger partial charge in [0.2, 0.25) is 0 Å². The number of para-hydroxylation sites is 2. The second kappa shape index (κ2) is 6.98. The maximum Gasteiger partial charge on any atom is 0.252 e. The van der Waals surface area contributed by atoms with Crippen molar-refractivity contribution in [3.8, 4) is 22.8 Å². The van der Waals surface area contributed by atoms with Crippen LogP contribution in [0.3, 0.4) is 0 Å². The van der Waals surface area contributed by atoms with E-state index in [2.05, 4.69) is 112 Å². The summed E-state index contributed by atoms with van der Waals surface area (Å²) >= 11 is 0. The van der Waals surface area contributed by atoms with E-state index in [9.17, 15) is 0 Å². The largest absolute Gasteiger partial charge is 0.294 e. The van der Waals surface area contributed by atoms with E-state index < -0.39 is 0 Å². The van der Waals surface area contributed by atoms with Crippen LogP contribution >= 0.6 is 0 Å². The lowest BCUT2D eigenvalue weighted by Crippen LogP contribution is -2.59. The maximum atomic E-state index is 5.22. The molecule has 2 aromatic heterocycles. The molecule has 5 heteroatoms. The number of allylic oxidation sites excluding steroid dienone is 4. The second-order valence-corrected chi connectivity index (χ2v) is 10.1. The molecular weight excluding hydrogens is 451 g/mol. The highest BCUT2D eigenvalue weighted by Crippen LogP contribution is 2.36. The topological polar surface area (TPSA) is 35.6 Å². The van der Waals surface area contributed by atoms with Crippen LogP contribution in [0.15, 0.2) is 103 Å². The average Bonchev–Trinajstić information content (AvgIpc) is 3.55. The molecule has 0 spiro atoms. The predicted octanol–water partition coefficient (Wildman–Crippen LogP) is 4.91. The predicted molar refractivity (Wildman–Crippen MR) is 152 cm³/mol. The van der Waals surface area contributed by atoms with E-state index in [1.165, 1.54) is 44.4 Å². The molecular formula is C32H21BN4. The molecule has 4 nitrogen and oxygen atoms in total. The Kier molecular flexibility index (Phi) is 3.69. The van der Waals surface area contributed by atoms with Gasteiger partial charge < -0.3 is 0 Å². The van der Waals surface area contributed by atoms with E-state index in [-0.39, 0.29) is 6.71 Å². The zero-order valence-corrected chi connectivity index (χ0v) is 20.1. The molecule has 172 valence electrons. The van der Waals surface area contributed by atoms with Crippen LogP contribution in [-0.4, -0.2) is 25.8 Å². The average molecular weight is 472 g/mol. The molecule has 37 heavy (non-hydrogen) atoms. The number of hydrogen-bond donors (Lipinski definition) is 0. The van der Waals surface area contributed by atoms with Gasteiger partial charge in [0.25, 0.3) is 6.71 Å². The Labute approximate surface area is 214 Å². The third-order valence-electron chi connectivity index (χ3n) is 8.20. The van der Waals surface area contributed by atoms with Gasteiger partial charge in [-0.25, -0.2) is 9.97 Å². The molecule has 4 heterocycles. The highest BCUT2D eigenvalue weighted by molar-refractivity contribution is 7.00. The monoisotopic (exact) mass is 472 g/mol. The Hall–Kier alpha value is -4.64. The van der Waals surface area contributed by atoms with Crippen LogP contribution in [0.1, 0.15) is 18.7 Å². The van der Waals surface area contributed by atoms with Gasteiger partial charge in [0.15, 0.2) is 0 Å². The minimum atomic E-state index is 0.142. The summed E-state index contributed by atoms with van der Waals surface area (Å²) in [5.41, 5.74) is 13.4. The van der Waals surface area contributed by atoms with Gasteiger partial charge >= 0.3 is 0 Å². The molecule has 0 unspecified atom stereocenters. The summed E-state index contributed by atoms with van der Waals surface area (Å²) in [5.74, 6) is 2.06. The van der Waals surface area contributed by atoms with Crippen LogP contribution in [0.2, 0.25) is 0 Å². The zero-order valence-electron chi connectivity index (χ0n) is 20.1. The number of rotatable bonds is 2. The number of nitrogens with zero attached hydrogens (tertiary/aromatic N) is 4. The SMILES string of the molecule is C1=CCCC(c2nc3cccc4c3n2-c2cccc3c2B4c2cccc4nc(-c5ccccc5)n-3c24)=C1. The highest BCUT2D eigenvalue weighted by Gasteiger charge is 2.41. The van der Waals surface area contributed by atoms with E-state index in [0.29, 0.717) is 0 Å². The molecule has 0 N–H and O–H groups in total. The molecule has 9 rings (SSSR count). The summed E-state index contributed by atoms with van der Waals surface area (Å²) < 4.78 is 4.81. The van der Waals surface area contributed by atoms with E-state index in [4.69, 9.17) is 9.97 Å². The van der Waals surface area contributed by atoms with Crippen LogP contribution < -0.4 is 16.4 Å². The van der Waals surface area contributed by atoms with Crippen molar-refractivity contribution in [1.82, 2.24) is 19.1 Å². The summed E-state index contributed by atoms with van der Waals surface area (Å²) in [6.07, 6.45) is 8.70. The Balaban J connectivity index is 1.44. The van der Waals surface area contributed by atoms with Crippen LogP contribution in [0, 0.1) is 0 Å². The quantitative estimate of drug-likeness (QED) is 0.336. The highest BCUT2D eigenvalue weighted by atomic mass is 15.1. The van der Waals surface area contributed by atoms with E-state index in [1.807, 2.05) is 0 Å². The molecule has 4 aromatic carbocycles. The van der Waals surface area contributed by atoms with Crippen LogP contribution in [-0.2, 0) is 0 Å². The van der Waals surface area contributed by atoms with Gasteiger partial charge in [0.05, 0.1) is 22.1 Å². The van der Waals surface area contributed by atoms with Crippen molar-refractivity contribution < 1.29 is 0 Å². The van der Waals surface area contributed by atoms with E-state index in [1.54, 1.807) is 0 Å². The molecule has 0 bridgehead atoms. The Morgan fingerprint density at radius 2 is 1.30 bits per heavy atom. The number of benzene rings is 4. The number of fused-ring (bicyclic) bond motifs is 4. The van der Waals surface area contributed by atoms with Gasteiger partial charge in [-0.05, 0) is 59.1 Å². The van der Waals surface area contributed by atoms with Gasteiger partial charge in [-0.15, -0.1) is 0 Å². The third-order valence-corrected chi connectivity index (χ3v) is 8.20. The minimum Gasteiger partial charge on any atom is -0.294 e. The van der Waals surface area contributed by atoms with Gasteiger partial charge in [0.1, 0.15) is 11.6 Å². The first kappa shape index (κ1) is 19.5.